The second-order valence-corrected chi connectivity index (χ2v) is 4.15. The molecule has 0 spiro atoms. The van der Waals surface area contributed by atoms with Crippen LogP contribution in [-0.4, -0.2) is 6.29 Å². The van der Waals surface area contributed by atoms with E-state index in [-0.39, 0.29) is 0 Å². The predicted octanol–water partition coefficient (Wildman–Crippen LogP) is 3.87. The van der Waals surface area contributed by atoms with E-state index < -0.39 is 0 Å². The number of rotatable bonds is 6. The minimum atomic E-state index is 0.451. The van der Waals surface area contributed by atoms with Crippen LogP contribution in [0.15, 0.2) is 60.7 Å². The van der Waals surface area contributed by atoms with Crippen LogP contribution in [-0.2, 0) is 11.4 Å². The largest absolute Gasteiger partial charge is 0.489 e. The molecular formula is C17H16O2. The lowest BCUT2D eigenvalue weighted by Gasteiger charge is -2.06. The SMILES string of the molecule is O=CCC=Cc1ccc(OCc2ccccc2)cc1. The van der Waals surface area contributed by atoms with Crippen LogP contribution in [0.2, 0.25) is 0 Å². The van der Waals surface area contributed by atoms with Gasteiger partial charge in [-0.15, -0.1) is 0 Å². The summed E-state index contributed by atoms with van der Waals surface area (Å²) in [6.45, 7) is 0.571. The van der Waals surface area contributed by atoms with Crippen LogP contribution in [0.3, 0.4) is 0 Å². The molecule has 0 atom stereocenters. The van der Waals surface area contributed by atoms with E-state index in [1.54, 1.807) is 0 Å². The maximum absolute atomic E-state index is 10.2. The van der Waals surface area contributed by atoms with E-state index in [1.807, 2.05) is 66.7 Å². The Morgan fingerprint density at radius 1 is 0.947 bits per heavy atom. The highest BCUT2D eigenvalue weighted by Crippen LogP contribution is 2.15. The molecule has 0 heterocycles. The van der Waals surface area contributed by atoms with Crippen molar-refractivity contribution < 1.29 is 9.53 Å². The summed E-state index contributed by atoms with van der Waals surface area (Å²) in [5.41, 5.74) is 2.21. The molecule has 2 aromatic carbocycles. The minimum Gasteiger partial charge on any atom is -0.489 e. The fourth-order valence-electron chi connectivity index (χ4n) is 1.68. The van der Waals surface area contributed by atoms with Crippen molar-refractivity contribution in [3.63, 3.8) is 0 Å². The van der Waals surface area contributed by atoms with E-state index >= 15 is 0 Å². The first-order valence-electron chi connectivity index (χ1n) is 6.25. The van der Waals surface area contributed by atoms with Gasteiger partial charge in [0, 0.05) is 6.42 Å². The normalized spacial score (nSPS) is 10.5. The van der Waals surface area contributed by atoms with E-state index in [1.165, 1.54) is 0 Å². The zero-order chi connectivity index (χ0) is 13.3. The average Bonchev–Trinajstić information content (AvgIpc) is 2.48. The number of carbonyl (C=O) groups is 1. The van der Waals surface area contributed by atoms with Gasteiger partial charge in [0.1, 0.15) is 18.6 Å². The monoisotopic (exact) mass is 252 g/mol. The van der Waals surface area contributed by atoms with Crippen LogP contribution in [0.1, 0.15) is 17.5 Å². The molecule has 0 saturated carbocycles. The van der Waals surface area contributed by atoms with Crippen LogP contribution < -0.4 is 4.74 Å². The van der Waals surface area contributed by atoms with Gasteiger partial charge in [-0.1, -0.05) is 54.6 Å². The van der Waals surface area contributed by atoms with E-state index in [0.29, 0.717) is 13.0 Å². The van der Waals surface area contributed by atoms with E-state index in [0.717, 1.165) is 23.2 Å². The Kier molecular flexibility index (Phi) is 4.94. The molecule has 0 fully saturated rings. The molecule has 0 aromatic heterocycles. The third-order valence-corrected chi connectivity index (χ3v) is 2.67. The highest BCUT2D eigenvalue weighted by Gasteiger charge is 1.95. The summed E-state index contributed by atoms with van der Waals surface area (Å²) in [6.07, 6.45) is 5.10. The third kappa shape index (κ3) is 4.43. The van der Waals surface area contributed by atoms with Crippen molar-refractivity contribution in [3.8, 4) is 5.75 Å². The zero-order valence-electron chi connectivity index (χ0n) is 10.7. The smallest absolute Gasteiger partial charge is 0.123 e. The Hall–Kier alpha value is -2.35. The first-order valence-corrected chi connectivity index (χ1v) is 6.25. The van der Waals surface area contributed by atoms with Gasteiger partial charge < -0.3 is 9.53 Å². The maximum Gasteiger partial charge on any atom is 0.123 e. The molecule has 0 saturated heterocycles. The van der Waals surface area contributed by atoms with Gasteiger partial charge in [0.15, 0.2) is 0 Å². The number of carbonyl (C=O) groups excluding carboxylic acids is 1. The van der Waals surface area contributed by atoms with Crippen molar-refractivity contribution in [3.05, 3.63) is 71.8 Å². The summed E-state index contributed by atoms with van der Waals surface area (Å²) < 4.78 is 5.69. The molecule has 0 bridgehead atoms. The number of ether oxygens (including phenoxy) is 1. The molecule has 0 N–H and O–H groups in total. The summed E-state index contributed by atoms with van der Waals surface area (Å²) in [7, 11) is 0. The molecule has 2 rings (SSSR count). The van der Waals surface area contributed by atoms with E-state index in [2.05, 4.69) is 0 Å². The first-order chi connectivity index (χ1) is 9.38. The minimum absolute atomic E-state index is 0.451. The van der Waals surface area contributed by atoms with E-state index in [9.17, 15) is 4.79 Å². The second-order valence-electron chi connectivity index (χ2n) is 4.15. The van der Waals surface area contributed by atoms with Gasteiger partial charge in [0.25, 0.3) is 0 Å². The lowest BCUT2D eigenvalue weighted by atomic mass is 10.2. The van der Waals surface area contributed by atoms with Crippen LogP contribution in [0, 0.1) is 0 Å². The van der Waals surface area contributed by atoms with Crippen molar-refractivity contribution >= 4 is 12.4 Å². The Bertz CT molecular complexity index is 527. The van der Waals surface area contributed by atoms with Gasteiger partial charge >= 0.3 is 0 Å². The Labute approximate surface area is 113 Å². The third-order valence-electron chi connectivity index (χ3n) is 2.67. The highest BCUT2D eigenvalue weighted by atomic mass is 16.5. The number of benzene rings is 2. The van der Waals surface area contributed by atoms with Gasteiger partial charge in [-0.3, -0.25) is 0 Å². The lowest BCUT2D eigenvalue weighted by molar-refractivity contribution is -0.107. The molecule has 2 nitrogen and oxygen atoms in total. The number of hydrogen-bond acceptors (Lipinski definition) is 2. The molecule has 0 unspecified atom stereocenters. The molecule has 19 heavy (non-hydrogen) atoms. The van der Waals surface area contributed by atoms with Crippen molar-refractivity contribution in [1.29, 1.82) is 0 Å². The molecule has 0 radical (unpaired) electrons. The summed E-state index contributed by atoms with van der Waals surface area (Å²) >= 11 is 0. The maximum atomic E-state index is 10.2. The van der Waals surface area contributed by atoms with Gasteiger partial charge in [0.2, 0.25) is 0 Å². The van der Waals surface area contributed by atoms with Crippen LogP contribution in [0.5, 0.6) is 5.75 Å². The molecule has 96 valence electrons. The number of hydrogen-bond donors (Lipinski definition) is 0. The topological polar surface area (TPSA) is 26.3 Å². The summed E-state index contributed by atoms with van der Waals surface area (Å²) in [6, 6.07) is 17.9. The quantitative estimate of drug-likeness (QED) is 0.729. The van der Waals surface area contributed by atoms with Crippen molar-refractivity contribution in [1.82, 2.24) is 0 Å². The predicted molar refractivity (Wildman–Crippen MR) is 76.9 cm³/mol. The summed E-state index contributed by atoms with van der Waals surface area (Å²) in [4.78, 5) is 10.2. The fourth-order valence-corrected chi connectivity index (χ4v) is 1.68. The average molecular weight is 252 g/mol. The Morgan fingerprint density at radius 3 is 2.37 bits per heavy atom. The fraction of sp³-hybridized carbons (Fsp3) is 0.118. The molecule has 0 amide bonds. The molecule has 0 aliphatic heterocycles. The standard InChI is InChI=1S/C17H16O2/c18-13-5-4-6-15-9-11-17(12-10-15)19-14-16-7-2-1-3-8-16/h1-4,6-13H,5,14H2. The van der Waals surface area contributed by atoms with Gasteiger partial charge in [-0.25, -0.2) is 0 Å². The summed E-state index contributed by atoms with van der Waals surface area (Å²) in [5.74, 6) is 0.844. The van der Waals surface area contributed by atoms with Crippen LogP contribution >= 0.6 is 0 Å². The van der Waals surface area contributed by atoms with Gasteiger partial charge in [0.05, 0.1) is 0 Å². The van der Waals surface area contributed by atoms with Crippen molar-refractivity contribution in [2.24, 2.45) is 0 Å². The molecule has 0 aliphatic carbocycles. The summed E-state index contributed by atoms with van der Waals surface area (Å²) in [5, 5.41) is 0. The second kappa shape index (κ2) is 7.17. The van der Waals surface area contributed by atoms with Gasteiger partial charge in [-0.05, 0) is 23.3 Å². The molecule has 2 aromatic rings. The highest BCUT2D eigenvalue weighted by molar-refractivity contribution is 5.58. The Balaban J connectivity index is 1.90. The molecule has 0 aliphatic rings. The number of allylic oxidation sites excluding steroid dienone is 1. The lowest BCUT2D eigenvalue weighted by Crippen LogP contribution is -1.94. The van der Waals surface area contributed by atoms with Gasteiger partial charge in [-0.2, -0.15) is 0 Å². The number of aldehydes is 1. The van der Waals surface area contributed by atoms with Crippen LogP contribution in [0.25, 0.3) is 6.08 Å². The van der Waals surface area contributed by atoms with Crippen molar-refractivity contribution in [2.45, 2.75) is 13.0 Å². The molecular weight excluding hydrogens is 236 g/mol. The molecule has 2 heteroatoms. The first kappa shape index (κ1) is 13.1. The Morgan fingerprint density at radius 2 is 1.68 bits per heavy atom. The van der Waals surface area contributed by atoms with E-state index in [4.69, 9.17) is 4.74 Å². The van der Waals surface area contributed by atoms with Crippen LogP contribution in [0.4, 0.5) is 0 Å². The zero-order valence-corrected chi connectivity index (χ0v) is 10.7. The van der Waals surface area contributed by atoms with Crippen molar-refractivity contribution in [2.75, 3.05) is 0 Å².